The van der Waals surface area contributed by atoms with Gasteiger partial charge >= 0.3 is 0 Å². The molecule has 28 heavy (non-hydrogen) atoms. The second-order valence-electron chi connectivity index (χ2n) is 7.51. The molecule has 2 unspecified atom stereocenters. The molecule has 8 heteroatoms. The van der Waals surface area contributed by atoms with E-state index in [9.17, 15) is 14.4 Å². The van der Waals surface area contributed by atoms with Gasteiger partial charge in [0.2, 0.25) is 11.8 Å². The predicted molar refractivity (Wildman–Crippen MR) is 105 cm³/mol. The minimum Gasteiger partial charge on any atom is -0.383 e. The van der Waals surface area contributed by atoms with Crippen LogP contribution in [0.1, 0.15) is 42.1 Å². The monoisotopic (exact) mass is 388 g/mol. The Morgan fingerprint density at radius 3 is 2.86 bits per heavy atom. The molecule has 1 aromatic carbocycles. The predicted octanol–water partition coefficient (Wildman–Crippen LogP) is 1.01. The molecule has 0 aromatic heterocycles. The van der Waals surface area contributed by atoms with Crippen molar-refractivity contribution in [3.63, 3.8) is 0 Å². The average Bonchev–Trinajstić information content (AvgIpc) is 2.80. The van der Waals surface area contributed by atoms with Crippen LogP contribution in [0.3, 0.4) is 0 Å². The van der Waals surface area contributed by atoms with Gasteiger partial charge in [0.1, 0.15) is 11.7 Å². The molecule has 2 heterocycles. The standard InChI is InChI=1S/C20H28N4O4/c1-13-4-5-15-16(12-13)22-20(23-19(15)27)7-6-17(25)24(10-8-20)14(2)18(26)21-9-11-28-3/h4-5,12,14,22H,6-11H2,1-3H3,(H,21,26)(H,23,27). The summed E-state index contributed by atoms with van der Waals surface area (Å²) in [6.45, 7) is 4.91. The van der Waals surface area contributed by atoms with Crippen molar-refractivity contribution in [3.05, 3.63) is 29.3 Å². The Morgan fingerprint density at radius 1 is 1.32 bits per heavy atom. The van der Waals surface area contributed by atoms with Crippen molar-refractivity contribution in [1.29, 1.82) is 0 Å². The van der Waals surface area contributed by atoms with Gasteiger partial charge in [-0.3, -0.25) is 14.4 Å². The van der Waals surface area contributed by atoms with Crippen LogP contribution in [0, 0.1) is 6.92 Å². The molecule has 152 valence electrons. The number of fused-ring (bicyclic) bond motifs is 1. The van der Waals surface area contributed by atoms with E-state index in [0.717, 1.165) is 11.3 Å². The zero-order valence-electron chi connectivity index (χ0n) is 16.6. The third-order valence-corrected chi connectivity index (χ3v) is 5.46. The van der Waals surface area contributed by atoms with E-state index in [1.54, 1.807) is 25.0 Å². The molecule has 0 saturated carbocycles. The van der Waals surface area contributed by atoms with Gasteiger partial charge in [0.25, 0.3) is 5.91 Å². The summed E-state index contributed by atoms with van der Waals surface area (Å²) in [7, 11) is 1.57. The van der Waals surface area contributed by atoms with E-state index in [2.05, 4.69) is 16.0 Å². The third kappa shape index (κ3) is 4.11. The van der Waals surface area contributed by atoms with Gasteiger partial charge in [-0.25, -0.2) is 0 Å². The maximum absolute atomic E-state index is 12.7. The number of nitrogens with zero attached hydrogens (tertiary/aromatic N) is 1. The molecule has 2 aliphatic heterocycles. The first kappa shape index (κ1) is 20.1. The number of ether oxygens (including phenoxy) is 1. The Balaban J connectivity index is 1.72. The van der Waals surface area contributed by atoms with Crippen molar-refractivity contribution in [2.45, 2.75) is 44.8 Å². The highest BCUT2D eigenvalue weighted by Crippen LogP contribution is 2.32. The van der Waals surface area contributed by atoms with Crippen LogP contribution in [0.2, 0.25) is 0 Å². The Kier molecular flexibility index (Phi) is 5.88. The lowest BCUT2D eigenvalue weighted by atomic mass is 9.94. The van der Waals surface area contributed by atoms with E-state index in [4.69, 9.17) is 4.74 Å². The van der Waals surface area contributed by atoms with Gasteiger partial charge < -0.3 is 25.6 Å². The molecule has 0 bridgehead atoms. The van der Waals surface area contributed by atoms with Crippen LogP contribution < -0.4 is 16.0 Å². The highest BCUT2D eigenvalue weighted by molar-refractivity contribution is 6.02. The normalized spacial score (nSPS) is 22.8. The topological polar surface area (TPSA) is 99.8 Å². The van der Waals surface area contributed by atoms with Crippen molar-refractivity contribution < 1.29 is 19.1 Å². The molecule has 8 nitrogen and oxygen atoms in total. The smallest absolute Gasteiger partial charge is 0.255 e. The van der Waals surface area contributed by atoms with Crippen molar-refractivity contribution >= 4 is 23.4 Å². The molecule has 1 fully saturated rings. The number of amides is 3. The fourth-order valence-corrected chi connectivity index (χ4v) is 3.78. The summed E-state index contributed by atoms with van der Waals surface area (Å²) in [6, 6.07) is 5.08. The average molecular weight is 388 g/mol. The molecule has 1 spiro atoms. The molecule has 0 radical (unpaired) electrons. The Hall–Kier alpha value is -2.61. The van der Waals surface area contributed by atoms with E-state index in [0.29, 0.717) is 38.1 Å². The van der Waals surface area contributed by atoms with Crippen LogP contribution in [0.25, 0.3) is 0 Å². The van der Waals surface area contributed by atoms with Gasteiger partial charge in [-0.05, 0) is 38.0 Å². The molecular formula is C20H28N4O4. The zero-order chi connectivity index (χ0) is 20.3. The van der Waals surface area contributed by atoms with Crippen molar-refractivity contribution in [2.75, 3.05) is 32.1 Å². The minimum atomic E-state index is -0.686. The van der Waals surface area contributed by atoms with Crippen LogP contribution in [-0.4, -0.2) is 61.1 Å². The molecule has 3 N–H and O–H groups in total. The Bertz CT molecular complexity index is 781. The van der Waals surface area contributed by atoms with Crippen molar-refractivity contribution in [2.24, 2.45) is 0 Å². The first-order valence-corrected chi connectivity index (χ1v) is 9.63. The van der Waals surface area contributed by atoms with E-state index < -0.39 is 11.7 Å². The summed E-state index contributed by atoms with van der Waals surface area (Å²) in [6.07, 6.45) is 1.25. The summed E-state index contributed by atoms with van der Waals surface area (Å²) in [5, 5.41) is 9.28. The second-order valence-corrected chi connectivity index (χ2v) is 7.51. The number of aryl methyl sites for hydroxylation is 1. The second kappa shape index (κ2) is 8.18. The first-order valence-electron chi connectivity index (χ1n) is 9.63. The highest BCUT2D eigenvalue weighted by Gasteiger charge is 2.41. The lowest BCUT2D eigenvalue weighted by Crippen LogP contribution is -2.58. The number of carbonyl (C=O) groups is 3. The molecule has 2 atom stereocenters. The number of nitrogens with one attached hydrogen (secondary N) is 3. The maximum atomic E-state index is 12.7. The fraction of sp³-hybridized carbons (Fsp3) is 0.550. The number of hydrogen-bond donors (Lipinski definition) is 3. The van der Waals surface area contributed by atoms with Crippen molar-refractivity contribution in [1.82, 2.24) is 15.5 Å². The van der Waals surface area contributed by atoms with E-state index in [-0.39, 0.29) is 24.1 Å². The Morgan fingerprint density at radius 2 is 2.11 bits per heavy atom. The minimum absolute atomic E-state index is 0.0858. The molecule has 2 aliphatic rings. The van der Waals surface area contributed by atoms with E-state index in [1.165, 1.54) is 0 Å². The van der Waals surface area contributed by atoms with Gasteiger partial charge in [0.05, 0.1) is 12.2 Å². The van der Waals surface area contributed by atoms with Crippen molar-refractivity contribution in [3.8, 4) is 0 Å². The molecule has 1 saturated heterocycles. The molecular weight excluding hydrogens is 360 g/mol. The zero-order valence-corrected chi connectivity index (χ0v) is 16.6. The maximum Gasteiger partial charge on any atom is 0.255 e. The number of likely N-dealkylation sites (tertiary alicyclic amines) is 1. The number of rotatable bonds is 5. The lowest BCUT2D eigenvalue weighted by molar-refractivity contribution is -0.139. The number of methoxy groups -OCH3 is 1. The quantitative estimate of drug-likeness (QED) is 0.654. The lowest BCUT2D eigenvalue weighted by Gasteiger charge is -2.40. The number of carbonyl (C=O) groups excluding carboxylic acids is 3. The third-order valence-electron chi connectivity index (χ3n) is 5.46. The molecule has 1 aromatic rings. The van der Waals surface area contributed by atoms with Gasteiger partial charge in [0.15, 0.2) is 0 Å². The number of benzene rings is 1. The van der Waals surface area contributed by atoms with Gasteiger partial charge in [-0.2, -0.15) is 0 Å². The van der Waals surface area contributed by atoms with Crippen LogP contribution >= 0.6 is 0 Å². The van der Waals surface area contributed by atoms with Gasteiger partial charge in [-0.1, -0.05) is 6.07 Å². The fourth-order valence-electron chi connectivity index (χ4n) is 3.78. The Labute approximate surface area is 165 Å². The molecule has 0 aliphatic carbocycles. The van der Waals surface area contributed by atoms with Gasteiger partial charge in [-0.15, -0.1) is 0 Å². The van der Waals surface area contributed by atoms with Crippen LogP contribution in [0.4, 0.5) is 5.69 Å². The van der Waals surface area contributed by atoms with E-state index >= 15 is 0 Å². The number of hydrogen-bond acceptors (Lipinski definition) is 5. The summed E-state index contributed by atoms with van der Waals surface area (Å²) in [5.41, 5.74) is 1.77. The first-order chi connectivity index (χ1) is 13.3. The molecule has 3 rings (SSSR count). The van der Waals surface area contributed by atoms with Crippen LogP contribution in [-0.2, 0) is 14.3 Å². The summed E-state index contributed by atoms with van der Waals surface area (Å²) in [5.74, 6) is -0.430. The SMILES string of the molecule is COCCNC(=O)C(C)N1CCC2(CCC1=O)NC(=O)c1ccc(C)cc1N2. The summed E-state index contributed by atoms with van der Waals surface area (Å²) in [4.78, 5) is 39.2. The van der Waals surface area contributed by atoms with Crippen LogP contribution in [0.5, 0.6) is 0 Å². The highest BCUT2D eigenvalue weighted by atomic mass is 16.5. The number of anilines is 1. The summed E-state index contributed by atoms with van der Waals surface area (Å²) >= 11 is 0. The van der Waals surface area contributed by atoms with Crippen LogP contribution in [0.15, 0.2) is 18.2 Å². The largest absolute Gasteiger partial charge is 0.383 e. The van der Waals surface area contributed by atoms with Gasteiger partial charge in [0, 0.05) is 38.7 Å². The molecule has 3 amide bonds. The summed E-state index contributed by atoms with van der Waals surface area (Å²) < 4.78 is 4.94. The van der Waals surface area contributed by atoms with E-state index in [1.807, 2.05) is 19.1 Å².